The number of aromatic nitrogens is 3. The van der Waals surface area contributed by atoms with E-state index in [1.54, 1.807) is 49.6 Å². The normalized spacial score (nSPS) is 12.9. The molecular weight excluding hydrogens is 629 g/mol. The van der Waals surface area contributed by atoms with E-state index in [2.05, 4.69) is 40.5 Å². The number of carbonyl (C=O) groups excluding carboxylic acids is 1. The fourth-order valence-electron chi connectivity index (χ4n) is 4.56. The number of sulfonamides is 1. The molecule has 1 atom stereocenters. The van der Waals surface area contributed by atoms with E-state index in [1.807, 2.05) is 19.9 Å². The van der Waals surface area contributed by atoms with Crippen LogP contribution in [0.15, 0.2) is 34.7 Å². The first-order valence-corrected chi connectivity index (χ1v) is 20.7. The van der Waals surface area contributed by atoms with Crippen LogP contribution in [0.3, 0.4) is 0 Å². The Morgan fingerprint density at radius 3 is 2.26 bits per heavy atom. The number of nitrogens with zero attached hydrogens (tertiary/aromatic N) is 4. The Bertz CT molecular complexity index is 1540. The minimum atomic E-state index is -3.91. The van der Waals surface area contributed by atoms with Gasteiger partial charge in [0.25, 0.3) is 0 Å². The molecule has 0 aliphatic carbocycles. The SMILES string of the molecule is COc1cccc(OC)c1-n1c(-c2ccc(C)o2)nnc1N(CC[Si](C)(C)C)S(=O)(=O)CCN[C@@H](C)CCNC(=O)OC(C)(C)C. The van der Waals surface area contributed by atoms with Gasteiger partial charge in [-0.3, -0.25) is 4.57 Å². The summed E-state index contributed by atoms with van der Waals surface area (Å²) in [5.41, 5.74) is -0.128. The molecule has 1 aromatic carbocycles. The first kappa shape index (κ1) is 36.9. The lowest BCUT2D eigenvalue weighted by Gasteiger charge is -2.28. The number of hydrogen-bond donors (Lipinski definition) is 2. The maximum Gasteiger partial charge on any atom is 0.407 e. The minimum Gasteiger partial charge on any atom is -0.494 e. The fourth-order valence-corrected chi connectivity index (χ4v) is 6.95. The molecule has 0 saturated heterocycles. The highest BCUT2D eigenvalue weighted by atomic mass is 32.2. The van der Waals surface area contributed by atoms with E-state index in [0.717, 1.165) is 0 Å². The lowest BCUT2D eigenvalue weighted by atomic mass is 10.2. The zero-order valence-electron chi connectivity index (χ0n) is 28.8. The van der Waals surface area contributed by atoms with Gasteiger partial charge in [-0.2, -0.15) is 0 Å². The Kier molecular flexibility index (Phi) is 12.3. The van der Waals surface area contributed by atoms with Crippen LogP contribution in [-0.2, 0) is 14.8 Å². The van der Waals surface area contributed by atoms with Crippen LogP contribution >= 0.6 is 0 Å². The number of hydrogen-bond acceptors (Lipinski definition) is 10. The first-order valence-electron chi connectivity index (χ1n) is 15.4. The van der Waals surface area contributed by atoms with Gasteiger partial charge in [0, 0.05) is 33.7 Å². The van der Waals surface area contributed by atoms with Crippen LogP contribution in [0, 0.1) is 6.92 Å². The monoisotopic (exact) mass is 678 g/mol. The van der Waals surface area contributed by atoms with E-state index in [4.69, 9.17) is 18.6 Å². The van der Waals surface area contributed by atoms with Gasteiger partial charge in [0.2, 0.25) is 21.8 Å². The van der Waals surface area contributed by atoms with Crippen molar-refractivity contribution in [1.29, 1.82) is 0 Å². The highest BCUT2D eigenvalue weighted by Gasteiger charge is 2.33. The highest BCUT2D eigenvalue weighted by Crippen LogP contribution is 2.39. The molecule has 2 aromatic heterocycles. The van der Waals surface area contributed by atoms with Crippen LogP contribution in [-0.4, -0.2) is 88.6 Å². The molecule has 3 rings (SSSR count). The van der Waals surface area contributed by atoms with Crippen molar-refractivity contribution in [1.82, 2.24) is 25.4 Å². The maximum atomic E-state index is 14.2. The lowest BCUT2D eigenvalue weighted by molar-refractivity contribution is 0.0526. The number of anilines is 1. The smallest absolute Gasteiger partial charge is 0.407 e. The molecule has 2 heterocycles. The number of ether oxygens (including phenoxy) is 3. The summed E-state index contributed by atoms with van der Waals surface area (Å²) in [4.78, 5) is 12.0. The summed E-state index contributed by atoms with van der Waals surface area (Å²) in [6.45, 7) is 16.5. The first-order chi connectivity index (χ1) is 21.5. The van der Waals surface area contributed by atoms with Gasteiger partial charge in [0.15, 0.2) is 5.76 Å². The van der Waals surface area contributed by atoms with E-state index in [0.29, 0.717) is 53.5 Å². The van der Waals surface area contributed by atoms with E-state index in [-0.39, 0.29) is 30.8 Å². The summed E-state index contributed by atoms with van der Waals surface area (Å²) >= 11 is 0. The number of benzene rings is 1. The summed E-state index contributed by atoms with van der Waals surface area (Å²) in [6.07, 6.45) is 0.104. The number of para-hydroxylation sites is 1. The average Bonchev–Trinajstić information content (AvgIpc) is 3.56. The number of rotatable bonds is 16. The molecule has 0 aliphatic rings. The quantitative estimate of drug-likeness (QED) is 0.193. The molecule has 1 amide bonds. The molecule has 256 valence electrons. The largest absolute Gasteiger partial charge is 0.494 e. The molecule has 3 aromatic rings. The van der Waals surface area contributed by atoms with E-state index in [9.17, 15) is 13.2 Å². The number of furan rings is 1. The second-order valence-corrected chi connectivity index (χ2v) is 21.0. The van der Waals surface area contributed by atoms with Crippen molar-refractivity contribution in [3.63, 3.8) is 0 Å². The van der Waals surface area contributed by atoms with Crippen molar-refractivity contribution < 1.29 is 31.8 Å². The van der Waals surface area contributed by atoms with Crippen molar-refractivity contribution in [3.8, 4) is 28.8 Å². The van der Waals surface area contributed by atoms with Crippen LogP contribution in [0.5, 0.6) is 11.5 Å². The van der Waals surface area contributed by atoms with Crippen molar-refractivity contribution in [2.24, 2.45) is 0 Å². The molecule has 15 heteroatoms. The molecule has 13 nitrogen and oxygen atoms in total. The van der Waals surface area contributed by atoms with Gasteiger partial charge in [-0.15, -0.1) is 10.2 Å². The third-order valence-corrected chi connectivity index (χ3v) is 10.4. The Morgan fingerprint density at radius 1 is 1.07 bits per heavy atom. The van der Waals surface area contributed by atoms with Gasteiger partial charge >= 0.3 is 6.09 Å². The number of nitrogens with one attached hydrogen (secondary N) is 2. The molecule has 0 radical (unpaired) electrons. The topological polar surface area (TPSA) is 150 Å². The van der Waals surface area contributed by atoms with Gasteiger partial charge in [-0.25, -0.2) is 17.5 Å². The van der Waals surface area contributed by atoms with Gasteiger partial charge in [-0.1, -0.05) is 25.7 Å². The van der Waals surface area contributed by atoms with Crippen molar-refractivity contribution in [2.45, 2.75) is 78.4 Å². The number of aryl methyl sites for hydroxylation is 1. The molecule has 0 saturated carbocycles. The Balaban J connectivity index is 1.94. The van der Waals surface area contributed by atoms with Gasteiger partial charge < -0.3 is 29.3 Å². The molecule has 2 N–H and O–H groups in total. The van der Waals surface area contributed by atoms with Crippen LogP contribution < -0.4 is 24.4 Å². The summed E-state index contributed by atoms with van der Waals surface area (Å²) < 4.78 is 53.9. The van der Waals surface area contributed by atoms with E-state index < -0.39 is 29.8 Å². The maximum absolute atomic E-state index is 14.2. The van der Waals surface area contributed by atoms with Gasteiger partial charge in [-0.05, 0) is 71.3 Å². The average molecular weight is 679 g/mol. The molecule has 0 unspecified atom stereocenters. The molecule has 46 heavy (non-hydrogen) atoms. The number of methoxy groups -OCH3 is 2. The van der Waals surface area contributed by atoms with Crippen LogP contribution in [0.25, 0.3) is 17.3 Å². The molecular formula is C31H50N6O7SSi. The zero-order chi connectivity index (χ0) is 34.3. The third kappa shape index (κ3) is 10.2. The minimum absolute atomic E-state index is 0.0594. The standard InChI is InChI=1S/C31H50N6O7SSi/c1-22(16-17-33-30(38)44-31(3,4)5)32-18-20-45(39,40)36(19-21-46(8,9)10)29-35-34-28(26-15-14-23(2)43-26)37(29)27-24(41-6)12-11-13-25(27)42-7/h11-15,22,32H,16-21H2,1-10H3,(H,33,38)/t22-/m0/s1. The molecule has 0 aliphatic heterocycles. The van der Waals surface area contributed by atoms with Gasteiger partial charge in [0.1, 0.15) is 28.5 Å². The van der Waals surface area contributed by atoms with E-state index in [1.165, 1.54) is 18.5 Å². The Morgan fingerprint density at radius 2 is 1.72 bits per heavy atom. The predicted octanol–water partition coefficient (Wildman–Crippen LogP) is 5.22. The molecule has 0 fully saturated rings. The van der Waals surface area contributed by atoms with E-state index >= 15 is 0 Å². The summed E-state index contributed by atoms with van der Waals surface area (Å²) in [5, 5.41) is 14.9. The van der Waals surface area contributed by atoms with Crippen LogP contribution in [0.2, 0.25) is 25.7 Å². The fraction of sp³-hybridized carbons (Fsp3) is 0.581. The highest BCUT2D eigenvalue weighted by molar-refractivity contribution is 7.92. The van der Waals surface area contributed by atoms with Gasteiger partial charge in [0.05, 0.1) is 20.0 Å². The second kappa shape index (κ2) is 15.4. The molecule has 0 spiro atoms. The number of amides is 1. The Labute approximate surface area is 274 Å². The summed E-state index contributed by atoms with van der Waals surface area (Å²) in [6, 6.07) is 9.53. The van der Waals surface area contributed by atoms with Crippen LogP contribution in [0.4, 0.5) is 10.7 Å². The molecule has 0 bridgehead atoms. The number of carbonyl (C=O) groups is 1. The Hall–Kier alpha value is -3.56. The third-order valence-electron chi connectivity index (χ3n) is 6.95. The van der Waals surface area contributed by atoms with Crippen molar-refractivity contribution in [3.05, 3.63) is 36.1 Å². The number of alkyl carbamates (subject to hydrolysis) is 1. The predicted molar refractivity (Wildman–Crippen MR) is 183 cm³/mol. The van der Waals surface area contributed by atoms with Crippen LogP contribution in [0.1, 0.15) is 39.9 Å². The second-order valence-electron chi connectivity index (χ2n) is 13.4. The summed E-state index contributed by atoms with van der Waals surface area (Å²) in [7, 11) is -2.54. The summed E-state index contributed by atoms with van der Waals surface area (Å²) in [5.74, 6) is 2.21. The zero-order valence-corrected chi connectivity index (χ0v) is 30.6. The van der Waals surface area contributed by atoms with Crippen molar-refractivity contribution >= 4 is 30.1 Å². The lowest BCUT2D eigenvalue weighted by Crippen LogP contribution is -2.42. The van der Waals surface area contributed by atoms with Crippen molar-refractivity contribution in [2.75, 3.05) is 43.9 Å².